The SMILES string of the molecule is O=C(O)[C@@]1(F)CC[C@]12CC[C@H](c1ccnc3ccc(F)cc31)CC2. The second-order valence-corrected chi connectivity index (χ2v) is 7.22. The number of carboxylic acids is 1. The molecule has 1 atom stereocenters. The zero-order valence-corrected chi connectivity index (χ0v) is 13.3. The van der Waals surface area contributed by atoms with E-state index in [4.69, 9.17) is 0 Å². The van der Waals surface area contributed by atoms with Crippen molar-refractivity contribution in [2.24, 2.45) is 5.41 Å². The van der Waals surface area contributed by atoms with Gasteiger partial charge in [0.2, 0.25) is 5.67 Å². The summed E-state index contributed by atoms with van der Waals surface area (Å²) in [4.78, 5) is 15.6. The lowest BCUT2D eigenvalue weighted by Gasteiger charge is -2.55. The number of halogens is 2. The van der Waals surface area contributed by atoms with Crippen molar-refractivity contribution in [2.45, 2.75) is 50.1 Å². The van der Waals surface area contributed by atoms with Gasteiger partial charge in [-0.25, -0.2) is 13.6 Å². The molecule has 0 aliphatic heterocycles. The van der Waals surface area contributed by atoms with Crippen molar-refractivity contribution in [1.29, 1.82) is 0 Å². The van der Waals surface area contributed by atoms with Crippen LogP contribution >= 0.6 is 0 Å². The highest BCUT2D eigenvalue weighted by atomic mass is 19.1. The van der Waals surface area contributed by atoms with Crippen LogP contribution in [0.3, 0.4) is 0 Å². The lowest BCUT2D eigenvalue weighted by Crippen LogP contribution is -2.60. The third-order valence-electron chi connectivity index (χ3n) is 6.25. The molecule has 5 heteroatoms. The standard InChI is InChI=1S/C19H19F2NO2/c20-13-1-2-16-15(11-13)14(5-10-22-16)12-3-6-18(7-4-12)8-9-19(18,21)17(23)24/h1-2,5,10-12H,3-4,6-9H2,(H,23,24)/t12-,18+,19-/m0/s1. The lowest BCUT2D eigenvalue weighted by molar-refractivity contribution is -0.187. The van der Waals surface area contributed by atoms with Crippen molar-refractivity contribution in [3.63, 3.8) is 0 Å². The first-order chi connectivity index (χ1) is 11.5. The molecule has 1 spiro atoms. The minimum atomic E-state index is -2.07. The molecule has 0 saturated heterocycles. The number of rotatable bonds is 2. The lowest BCUT2D eigenvalue weighted by atomic mass is 9.50. The molecule has 0 radical (unpaired) electrons. The Labute approximate surface area is 138 Å². The van der Waals surface area contributed by atoms with Crippen molar-refractivity contribution in [3.05, 3.63) is 41.8 Å². The Morgan fingerprint density at radius 2 is 1.92 bits per heavy atom. The highest BCUT2D eigenvalue weighted by Crippen LogP contribution is 2.62. The van der Waals surface area contributed by atoms with Gasteiger partial charge in [0.1, 0.15) is 5.82 Å². The van der Waals surface area contributed by atoms with Crippen LogP contribution in [0, 0.1) is 11.2 Å². The van der Waals surface area contributed by atoms with Crippen molar-refractivity contribution in [2.75, 3.05) is 0 Å². The fraction of sp³-hybridized carbons (Fsp3) is 0.474. The van der Waals surface area contributed by atoms with Crippen LogP contribution in [0.4, 0.5) is 8.78 Å². The largest absolute Gasteiger partial charge is 0.479 e. The monoisotopic (exact) mass is 331 g/mol. The van der Waals surface area contributed by atoms with Gasteiger partial charge in [0, 0.05) is 17.0 Å². The Morgan fingerprint density at radius 1 is 1.17 bits per heavy atom. The molecule has 24 heavy (non-hydrogen) atoms. The molecule has 2 fully saturated rings. The quantitative estimate of drug-likeness (QED) is 0.874. The molecule has 1 aromatic heterocycles. The summed E-state index contributed by atoms with van der Waals surface area (Å²) in [6, 6.07) is 6.47. The fourth-order valence-electron chi connectivity index (χ4n) is 4.66. The Balaban J connectivity index is 1.61. The Bertz CT molecular complexity index is 814. The summed E-state index contributed by atoms with van der Waals surface area (Å²) >= 11 is 0. The first-order valence-corrected chi connectivity index (χ1v) is 8.42. The smallest absolute Gasteiger partial charge is 0.342 e. The van der Waals surface area contributed by atoms with Crippen LogP contribution in [0.15, 0.2) is 30.5 Å². The van der Waals surface area contributed by atoms with Gasteiger partial charge in [-0.3, -0.25) is 4.98 Å². The van der Waals surface area contributed by atoms with Crippen LogP contribution in [0.25, 0.3) is 10.9 Å². The van der Waals surface area contributed by atoms with E-state index in [-0.39, 0.29) is 18.2 Å². The van der Waals surface area contributed by atoms with Crippen LogP contribution in [0.5, 0.6) is 0 Å². The summed E-state index contributed by atoms with van der Waals surface area (Å²) in [5.74, 6) is -1.41. The summed E-state index contributed by atoms with van der Waals surface area (Å²) < 4.78 is 28.4. The van der Waals surface area contributed by atoms with E-state index in [0.717, 1.165) is 29.3 Å². The van der Waals surface area contributed by atoms with E-state index in [9.17, 15) is 18.7 Å². The van der Waals surface area contributed by atoms with Crippen molar-refractivity contribution < 1.29 is 18.7 Å². The maximum atomic E-state index is 14.7. The molecule has 1 N–H and O–H groups in total. The van der Waals surface area contributed by atoms with Crippen molar-refractivity contribution >= 4 is 16.9 Å². The molecule has 126 valence electrons. The number of carboxylic acid groups (broad SMARTS) is 1. The Morgan fingerprint density at radius 3 is 2.54 bits per heavy atom. The number of carbonyl (C=O) groups is 1. The number of alkyl halides is 1. The predicted molar refractivity (Wildman–Crippen MR) is 86.1 cm³/mol. The van der Waals surface area contributed by atoms with E-state index in [2.05, 4.69) is 4.98 Å². The summed E-state index contributed by atoms with van der Waals surface area (Å²) in [5, 5.41) is 10.0. The van der Waals surface area contributed by atoms with Gasteiger partial charge in [-0.15, -0.1) is 0 Å². The second-order valence-electron chi connectivity index (χ2n) is 7.22. The average molecular weight is 331 g/mol. The summed E-state index contributed by atoms with van der Waals surface area (Å²) in [6.07, 6.45) is 5.09. The van der Waals surface area contributed by atoms with E-state index in [1.54, 1.807) is 12.3 Å². The van der Waals surface area contributed by atoms with Crippen LogP contribution in [0.1, 0.15) is 50.0 Å². The molecule has 2 aliphatic carbocycles. The fourth-order valence-corrected chi connectivity index (χ4v) is 4.66. The van der Waals surface area contributed by atoms with Gasteiger partial charge < -0.3 is 5.11 Å². The molecule has 2 saturated carbocycles. The van der Waals surface area contributed by atoms with Gasteiger partial charge in [-0.2, -0.15) is 0 Å². The summed E-state index contributed by atoms with van der Waals surface area (Å²) in [7, 11) is 0. The van der Waals surface area contributed by atoms with Gasteiger partial charge in [0.05, 0.1) is 5.52 Å². The molecule has 0 amide bonds. The van der Waals surface area contributed by atoms with Crippen LogP contribution in [-0.2, 0) is 4.79 Å². The van der Waals surface area contributed by atoms with Gasteiger partial charge >= 0.3 is 5.97 Å². The minimum absolute atomic E-state index is 0.121. The molecular weight excluding hydrogens is 312 g/mol. The van der Waals surface area contributed by atoms with E-state index in [1.165, 1.54) is 12.1 Å². The number of aromatic nitrogens is 1. The van der Waals surface area contributed by atoms with Gasteiger partial charge in [0.25, 0.3) is 0 Å². The number of aliphatic carboxylic acids is 1. The van der Waals surface area contributed by atoms with Gasteiger partial charge in [-0.1, -0.05) is 0 Å². The van der Waals surface area contributed by atoms with E-state index < -0.39 is 17.1 Å². The van der Waals surface area contributed by atoms with E-state index in [0.29, 0.717) is 19.3 Å². The minimum Gasteiger partial charge on any atom is -0.479 e. The molecule has 0 unspecified atom stereocenters. The maximum Gasteiger partial charge on any atom is 0.342 e. The van der Waals surface area contributed by atoms with Gasteiger partial charge in [0.15, 0.2) is 0 Å². The molecule has 1 heterocycles. The summed E-state index contributed by atoms with van der Waals surface area (Å²) in [6.45, 7) is 0. The number of hydrogen-bond donors (Lipinski definition) is 1. The predicted octanol–water partition coefficient (Wildman–Crippen LogP) is 4.60. The van der Waals surface area contributed by atoms with E-state index in [1.807, 2.05) is 6.07 Å². The van der Waals surface area contributed by atoms with Crippen molar-refractivity contribution in [3.8, 4) is 0 Å². The topological polar surface area (TPSA) is 50.2 Å². The van der Waals surface area contributed by atoms with Crippen LogP contribution in [0.2, 0.25) is 0 Å². The Kier molecular flexibility index (Phi) is 3.37. The molecular formula is C19H19F2NO2. The maximum absolute atomic E-state index is 14.7. The number of fused-ring (bicyclic) bond motifs is 1. The zero-order chi connectivity index (χ0) is 16.9. The molecule has 3 nitrogen and oxygen atoms in total. The molecule has 1 aromatic carbocycles. The van der Waals surface area contributed by atoms with Gasteiger partial charge in [-0.05, 0) is 74.3 Å². The highest BCUT2D eigenvalue weighted by Gasteiger charge is 2.65. The zero-order valence-electron chi connectivity index (χ0n) is 13.3. The highest BCUT2D eigenvalue weighted by molar-refractivity contribution is 5.83. The van der Waals surface area contributed by atoms with Crippen molar-refractivity contribution in [1.82, 2.24) is 4.98 Å². The summed E-state index contributed by atoms with van der Waals surface area (Å²) in [5.41, 5.74) is -0.981. The molecule has 0 bridgehead atoms. The molecule has 2 aliphatic rings. The number of pyridine rings is 1. The number of hydrogen-bond acceptors (Lipinski definition) is 2. The average Bonchev–Trinajstić information content (AvgIpc) is 2.59. The number of benzene rings is 1. The third-order valence-corrected chi connectivity index (χ3v) is 6.25. The van der Waals surface area contributed by atoms with E-state index >= 15 is 0 Å². The van der Waals surface area contributed by atoms with Crippen LogP contribution < -0.4 is 0 Å². The normalized spacial score (nSPS) is 32.7. The first kappa shape index (κ1) is 15.5. The third kappa shape index (κ3) is 2.06. The molecule has 2 aromatic rings. The first-order valence-electron chi connectivity index (χ1n) is 8.42. The second kappa shape index (κ2) is 5.23. The number of nitrogens with zero attached hydrogens (tertiary/aromatic N) is 1. The molecule has 4 rings (SSSR count). The van der Waals surface area contributed by atoms with Crippen LogP contribution in [-0.4, -0.2) is 21.7 Å². The Hall–Kier alpha value is -2.04.